The summed E-state index contributed by atoms with van der Waals surface area (Å²) in [6, 6.07) is 12.5. The summed E-state index contributed by atoms with van der Waals surface area (Å²) < 4.78 is 19.2. The maximum Gasteiger partial charge on any atom is 0.141 e. The second kappa shape index (κ2) is 5.98. The van der Waals surface area contributed by atoms with Crippen LogP contribution < -0.4 is 10.5 Å². The first kappa shape index (κ1) is 13.1. The van der Waals surface area contributed by atoms with Gasteiger partial charge in [-0.3, -0.25) is 0 Å². The molecule has 0 aliphatic heterocycles. The summed E-state index contributed by atoms with van der Waals surface area (Å²) in [4.78, 5) is 0. The van der Waals surface area contributed by atoms with Crippen LogP contribution in [0.2, 0.25) is 0 Å². The number of halogens is 2. The number of hydrogen-bond donors (Lipinski definition) is 1. The molecule has 0 amide bonds. The van der Waals surface area contributed by atoms with E-state index in [0.717, 1.165) is 11.1 Å². The summed E-state index contributed by atoms with van der Waals surface area (Å²) in [6.45, 7) is 0.898. The van der Waals surface area contributed by atoms with Gasteiger partial charge in [-0.2, -0.15) is 0 Å². The fraction of sp³-hybridized carbons (Fsp3) is 0.143. The van der Waals surface area contributed by atoms with E-state index in [9.17, 15) is 4.39 Å². The first-order valence-electron chi connectivity index (χ1n) is 5.55. The predicted molar refractivity (Wildman–Crippen MR) is 72.8 cm³/mol. The molecule has 0 heterocycles. The van der Waals surface area contributed by atoms with Crippen molar-refractivity contribution in [1.29, 1.82) is 0 Å². The number of benzene rings is 2. The molecule has 0 bridgehead atoms. The maximum atomic E-state index is 13.3. The summed E-state index contributed by atoms with van der Waals surface area (Å²) in [5.41, 5.74) is 7.64. The van der Waals surface area contributed by atoms with Crippen LogP contribution in [0.5, 0.6) is 5.75 Å². The van der Waals surface area contributed by atoms with Gasteiger partial charge in [0.05, 0.1) is 4.47 Å². The molecule has 4 heteroatoms. The van der Waals surface area contributed by atoms with Crippen LogP contribution in [0.3, 0.4) is 0 Å². The minimum absolute atomic E-state index is 0.330. The van der Waals surface area contributed by atoms with Crippen molar-refractivity contribution in [2.75, 3.05) is 0 Å². The molecule has 2 N–H and O–H groups in total. The van der Waals surface area contributed by atoms with Crippen molar-refractivity contribution in [3.8, 4) is 5.75 Å². The average Bonchev–Trinajstić information content (AvgIpc) is 2.40. The van der Waals surface area contributed by atoms with E-state index >= 15 is 0 Å². The van der Waals surface area contributed by atoms with E-state index in [1.54, 1.807) is 12.1 Å². The molecule has 94 valence electrons. The van der Waals surface area contributed by atoms with Crippen LogP contribution in [-0.4, -0.2) is 0 Å². The van der Waals surface area contributed by atoms with Crippen LogP contribution in [0.1, 0.15) is 11.1 Å². The molecule has 0 saturated carbocycles. The van der Waals surface area contributed by atoms with E-state index in [-0.39, 0.29) is 5.82 Å². The van der Waals surface area contributed by atoms with E-state index in [4.69, 9.17) is 10.5 Å². The number of ether oxygens (including phenoxy) is 1. The molecule has 0 fully saturated rings. The molecule has 0 atom stereocenters. The Hall–Kier alpha value is -1.39. The Morgan fingerprint density at radius 2 is 1.89 bits per heavy atom. The zero-order chi connectivity index (χ0) is 13.0. The van der Waals surface area contributed by atoms with Gasteiger partial charge in [0, 0.05) is 12.6 Å². The lowest BCUT2D eigenvalue weighted by Gasteiger charge is -2.08. The Balaban J connectivity index is 2.04. The summed E-state index contributed by atoms with van der Waals surface area (Å²) in [7, 11) is 0. The molecule has 2 nitrogen and oxygen atoms in total. The van der Waals surface area contributed by atoms with Gasteiger partial charge in [0.2, 0.25) is 0 Å². The highest BCUT2D eigenvalue weighted by atomic mass is 79.9. The van der Waals surface area contributed by atoms with E-state index in [1.807, 2.05) is 24.3 Å². The van der Waals surface area contributed by atoms with E-state index in [2.05, 4.69) is 15.9 Å². The topological polar surface area (TPSA) is 35.2 Å². The van der Waals surface area contributed by atoms with Crippen LogP contribution in [-0.2, 0) is 13.2 Å². The summed E-state index contributed by atoms with van der Waals surface area (Å²) in [5.74, 6) is 0.178. The van der Waals surface area contributed by atoms with Gasteiger partial charge in [0.1, 0.15) is 18.2 Å². The van der Waals surface area contributed by atoms with Gasteiger partial charge >= 0.3 is 0 Å². The third-order valence-corrected chi connectivity index (χ3v) is 3.17. The van der Waals surface area contributed by atoms with Crippen LogP contribution in [0.4, 0.5) is 4.39 Å². The molecular weight excluding hydrogens is 297 g/mol. The van der Waals surface area contributed by atoms with Gasteiger partial charge in [-0.25, -0.2) is 4.39 Å². The zero-order valence-corrected chi connectivity index (χ0v) is 11.3. The van der Waals surface area contributed by atoms with Gasteiger partial charge in [0.25, 0.3) is 0 Å². The lowest BCUT2D eigenvalue weighted by molar-refractivity contribution is 0.304. The van der Waals surface area contributed by atoms with Crippen LogP contribution in [0, 0.1) is 5.82 Å². The van der Waals surface area contributed by atoms with E-state index in [0.29, 0.717) is 23.4 Å². The molecule has 0 unspecified atom stereocenters. The lowest BCUT2D eigenvalue weighted by atomic mass is 10.1. The summed E-state index contributed by atoms with van der Waals surface area (Å²) >= 11 is 3.10. The summed E-state index contributed by atoms with van der Waals surface area (Å²) in [6.07, 6.45) is 0. The Morgan fingerprint density at radius 1 is 1.11 bits per heavy atom. The zero-order valence-electron chi connectivity index (χ0n) is 9.70. The van der Waals surface area contributed by atoms with Crippen LogP contribution in [0.15, 0.2) is 46.9 Å². The number of rotatable bonds is 4. The van der Waals surface area contributed by atoms with Crippen LogP contribution in [0.25, 0.3) is 0 Å². The second-order valence-electron chi connectivity index (χ2n) is 3.89. The molecule has 0 aromatic heterocycles. The lowest BCUT2D eigenvalue weighted by Crippen LogP contribution is -2.00. The fourth-order valence-electron chi connectivity index (χ4n) is 1.58. The van der Waals surface area contributed by atoms with Crippen molar-refractivity contribution in [3.63, 3.8) is 0 Å². The Bertz CT molecular complexity index is 545. The van der Waals surface area contributed by atoms with Crippen molar-refractivity contribution in [2.45, 2.75) is 13.2 Å². The molecule has 18 heavy (non-hydrogen) atoms. The largest absolute Gasteiger partial charge is 0.489 e. The van der Waals surface area contributed by atoms with Crippen LogP contribution >= 0.6 is 15.9 Å². The Morgan fingerprint density at radius 3 is 2.61 bits per heavy atom. The predicted octanol–water partition coefficient (Wildman–Crippen LogP) is 3.63. The molecule has 2 aromatic carbocycles. The van der Waals surface area contributed by atoms with Gasteiger partial charge in [-0.1, -0.05) is 24.3 Å². The molecule has 2 rings (SSSR count). The first-order valence-corrected chi connectivity index (χ1v) is 6.34. The quantitative estimate of drug-likeness (QED) is 0.936. The number of hydrogen-bond acceptors (Lipinski definition) is 2. The normalized spacial score (nSPS) is 10.4. The first-order chi connectivity index (χ1) is 8.69. The molecule has 0 radical (unpaired) electrons. The minimum atomic E-state index is -0.330. The molecular formula is C14H13BrFNO. The highest BCUT2D eigenvalue weighted by Gasteiger charge is 2.02. The summed E-state index contributed by atoms with van der Waals surface area (Å²) in [5, 5.41) is 0. The van der Waals surface area contributed by atoms with E-state index < -0.39 is 0 Å². The number of nitrogens with two attached hydrogens (primary N) is 1. The monoisotopic (exact) mass is 309 g/mol. The Labute approximate surface area is 114 Å². The average molecular weight is 310 g/mol. The third-order valence-electron chi connectivity index (χ3n) is 2.52. The molecule has 0 aliphatic rings. The SMILES string of the molecule is NCc1cccc(COc2ccc(Br)c(F)c2)c1. The van der Waals surface area contributed by atoms with Gasteiger partial charge in [0.15, 0.2) is 0 Å². The van der Waals surface area contributed by atoms with E-state index in [1.165, 1.54) is 6.07 Å². The fourth-order valence-corrected chi connectivity index (χ4v) is 1.83. The third kappa shape index (κ3) is 3.31. The molecule has 0 saturated heterocycles. The Kier molecular flexibility index (Phi) is 4.33. The maximum absolute atomic E-state index is 13.3. The highest BCUT2D eigenvalue weighted by molar-refractivity contribution is 9.10. The van der Waals surface area contributed by atoms with Gasteiger partial charge in [-0.05, 0) is 39.2 Å². The van der Waals surface area contributed by atoms with Crippen molar-refractivity contribution in [2.24, 2.45) is 5.73 Å². The standard InChI is InChI=1S/C14H13BrFNO/c15-13-5-4-12(7-14(13)16)18-9-11-3-1-2-10(6-11)8-17/h1-7H,8-9,17H2. The van der Waals surface area contributed by atoms with Crippen molar-refractivity contribution in [1.82, 2.24) is 0 Å². The van der Waals surface area contributed by atoms with Crippen molar-refractivity contribution < 1.29 is 9.13 Å². The smallest absolute Gasteiger partial charge is 0.141 e. The molecule has 2 aromatic rings. The highest BCUT2D eigenvalue weighted by Crippen LogP contribution is 2.21. The second-order valence-corrected chi connectivity index (χ2v) is 4.74. The van der Waals surface area contributed by atoms with Gasteiger partial charge in [-0.15, -0.1) is 0 Å². The minimum Gasteiger partial charge on any atom is -0.489 e. The molecule has 0 aliphatic carbocycles. The van der Waals surface area contributed by atoms with Gasteiger partial charge < -0.3 is 10.5 Å². The van der Waals surface area contributed by atoms with Crippen molar-refractivity contribution in [3.05, 3.63) is 63.9 Å². The van der Waals surface area contributed by atoms with Crippen molar-refractivity contribution >= 4 is 15.9 Å². The molecule has 0 spiro atoms.